The molecule has 3 heterocycles. The molecule has 174 valence electrons. The van der Waals surface area contributed by atoms with E-state index in [1.165, 1.54) is 0 Å². The van der Waals surface area contributed by atoms with Crippen molar-refractivity contribution in [1.82, 2.24) is 25.1 Å². The summed E-state index contributed by atoms with van der Waals surface area (Å²) in [5.41, 5.74) is 6.09. The third kappa shape index (κ3) is 4.61. The summed E-state index contributed by atoms with van der Waals surface area (Å²) in [4.78, 5) is 21.4. The summed E-state index contributed by atoms with van der Waals surface area (Å²) < 4.78 is 8.20. The maximum Gasteiger partial charge on any atom is 0.251 e. The van der Waals surface area contributed by atoms with Crippen molar-refractivity contribution in [2.75, 3.05) is 0 Å². The van der Waals surface area contributed by atoms with Crippen LogP contribution in [-0.4, -0.2) is 25.7 Å². The Bertz CT molecular complexity index is 1530. The van der Waals surface area contributed by atoms with Gasteiger partial charge in [-0.2, -0.15) is 5.10 Å². The highest BCUT2D eigenvalue weighted by molar-refractivity contribution is 5.96. The van der Waals surface area contributed by atoms with Gasteiger partial charge in [0.2, 0.25) is 0 Å². The van der Waals surface area contributed by atoms with Gasteiger partial charge in [0.05, 0.1) is 16.9 Å². The minimum atomic E-state index is -0.154. The first-order valence-corrected chi connectivity index (χ1v) is 11.4. The third-order valence-corrected chi connectivity index (χ3v) is 5.89. The Morgan fingerprint density at radius 3 is 2.54 bits per heavy atom. The van der Waals surface area contributed by atoms with Crippen LogP contribution >= 0.6 is 0 Å². The Balaban J connectivity index is 1.41. The quantitative estimate of drug-likeness (QED) is 0.361. The molecule has 1 N–H and O–H groups in total. The second kappa shape index (κ2) is 9.38. The fraction of sp³-hybridized carbons (Fsp3) is 0.143. The third-order valence-electron chi connectivity index (χ3n) is 5.89. The molecule has 7 nitrogen and oxygen atoms in total. The second-order valence-corrected chi connectivity index (χ2v) is 8.42. The SMILES string of the molecule is Cc1cc(C)n(-c2ccc3c(Oc4cccc(C(=O)NCc5ccncc5)c4C)ccnc3c2)n1. The van der Waals surface area contributed by atoms with Gasteiger partial charge >= 0.3 is 0 Å². The van der Waals surface area contributed by atoms with Gasteiger partial charge < -0.3 is 10.1 Å². The second-order valence-electron chi connectivity index (χ2n) is 8.42. The van der Waals surface area contributed by atoms with Gasteiger partial charge in [-0.1, -0.05) is 6.07 Å². The Morgan fingerprint density at radius 1 is 0.943 bits per heavy atom. The van der Waals surface area contributed by atoms with E-state index in [4.69, 9.17) is 4.74 Å². The molecule has 0 saturated carbocycles. The molecule has 0 radical (unpaired) electrons. The van der Waals surface area contributed by atoms with E-state index in [0.717, 1.165) is 39.1 Å². The van der Waals surface area contributed by atoms with Gasteiger partial charge in [0.1, 0.15) is 11.5 Å². The van der Waals surface area contributed by atoms with Crippen LogP contribution in [0.3, 0.4) is 0 Å². The average Bonchev–Trinajstić information content (AvgIpc) is 3.22. The van der Waals surface area contributed by atoms with Crippen LogP contribution < -0.4 is 10.1 Å². The lowest BCUT2D eigenvalue weighted by atomic mass is 10.1. The van der Waals surface area contributed by atoms with Crippen molar-refractivity contribution in [2.45, 2.75) is 27.3 Å². The predicted octanol–water partition coefficient (Wildman–Crippen LogP) is 5.46. The molecule has 0 aliphatic heterocycles. The molecule has 5 aromatic rings. The number of aryl methyl sites for hydroxylation is 2. The minimum Gasteiger partial charge on any atom is -0.456 e. The Kier molecular flexibility index (Phi) is 5.97. The van der Waals surface area contributed by atoms with Crippen LogP contribution in [0, 0.1) is 20.8 Å². The molecule has 0 aliphatic rings. The van der Waals surface area contributed by atoms with E-state index in [1.54, 1.807) is 24.7 Å². The van der Waals surface area contributed by atoms with E-state index in [9.17, 15) is 4.79 Å². The molecule has 0 saturated heterocycles. The molecule has 0 aliphatic carbocycles. The van der Waals surface area contributed by atoms with Gasteiger partial charge in [-0.3, -0.25) is 14.8 Å². The zero-order valence-corrected chi connectivity index (χ0v) is 19.8. The van der Waals surface area contributed by atoms with Crippen molar-refractivity contribution >= 4 is 16.8 Å². The summed E-state index contributed by atoms with van der Waals surface area (Å²) in [6.07, 6.45) is 5.14. The van der Waals surface area contributed by atoms with Crippen LogP contribution in [0.2, 0.25) is 0 Å². The smallest absolute Gasteiger partial charge is 0.251 e. The summed E-state index contributed by atoms with van der Waals surface area (Å²) in [6, 6.07) is 19.1. The number of benzene rings is 2. The highest BCUT2D eigenvalue weighted by atomic mass is 16.5. The van der Waals surface area contributed by atoms with E-state index >= 15 is 0 Å². The molecule has 3 aromatic heterocycles. The maximum atomic E-state index is 12.9. The standard InChI is InChI=1S/C28H25N5O2/c1-18-15-19(2)33(32-18)22-7-8-24-25(16-22)30-14-11-27(24)35-26-6-4-5-23(20(26)3)28(34)31-17-21-9-12-29-13-10-21/h4-16H,17H2,1-3H3,(H,31,34). The first-order chi connectivity index (χ1) is 17.0. The van der Waals surface area contributed by atoms with Gasteiger partial charge in [0.15, 0.2) is 0 Å². The lowest BCUT2D eigenvalue weighted by Crippen LogP contribution is -2.23. The van der Waals surface area contributed by atoms with Crippen molar-refractivity contribution in [1.29, 1.82) is 0 Å². The molecule has 0 unspecified atom stereocenters. The number of nitrogens with one attached hydrogen (secondary N) is 1. The highest BCUT2D eigenvalue weighted by Gasteiger charge is 2.15. The van der Waals surface area contributed by atoms with Crippen LogP contribution in [0.15, 0.2) is 79.3 Å². The van der Waals surface area contributed by atoms with Gasteiger partial charge in [0.25, 0.3) is 5.91 Å². The molecule has 1 amide bonds. The number of nitrogens with zero attached hydrogens (tertiary/aromatic N) is 4. The normalized spacial score (nSPS) is 10.9. The molecule has 0 atom stereocenters. The molecular formula is C28H25N5O2. The lowest BCUT2D eigenvalue weighted by molar-refractivity contribution is 0.0950. The molecule has 0 fully saturated rings. The van der Waals surface area contributed by atoms with Crippen LogP contribution in [0.25, 0.3) is 16.6 Å². The highest BCUT2D eigenvalue weighted by Crippen LogP contribution is 2.32. The van der Waals surface area contributed by atoms with Gasteiger partial charge in [-0.15, -0.1) is 0 Å². The zero-order valence-electron chi connectivity index (χ0n) is 19.8. The van der Waals surface area contributed by atoms with Crippen molar-refractivity contribution in [3.63, 3.8) is 0 Å². The van der Waals surface area contributed by atoms with Crippen molar-refractivity contribution in [2.24, 2.45) is 0 Å². The number of rotatable bonds is 6. The zero-order chi connectivity index (χ0) is 24.4. The Morgan fingerprint density at radius 2 is 1.77 bits per heavy atom. The van der Waals surface area contributed by atoms with Gasteiger partial charge in [-0.05, 0) is 80.9 Å². The number of hydrogen-bond acceptors (Lipinski definition) is 5. The summed E-state index contributed by atoms with van der Waals surface area (Å²) in [6.45, 7) is 6.32. The summed E-state index contributed by atoms with van der Waals surface area (Å²) >= 11 is 0. The maximum absolute atomic E-state index is 12.9. The van der Waals surface area contributed by atoms with Crippen molar-refractivity contribution in [3.05, 3.63) is 107 Å². The van der Waals surface area contributed by atoms with E-state index in [0.29, 0.717) is 23.6 Å². The van der Waals surface area contributed by atoms with E-state index in [1.807, 2.05) is 80.1 Å². The number of aromatic nitrogens is 4. The van der Waals surface area contributed by atoms with Crippen molar-refractivity contribution in [3.8, 4) is 17.2 Å². The van der Waals surface area contributed by atoms with Crippen LogP contribution in [0.4, 0.5) is 0 Å². The average molecular weight is 464 g/mol. The number of carbonyl (C=O) groups excluding carboxylic acids is 1. The van der Waals surface area contributed by atoms with Gasteiger partial charge in [0, 0.05) is 47.3 Å². The van der Waals surface area contributed by atoms with Crippen LogP contribution in [-0.2, 0) is 6.54 Å². The van der Waals surface area contributed by atoms with Crippen molar-refractivity contribution < 1.29 is 9.53 Å². The lowest BCUT2D eigenvalue weighted by Gasteiger charge is -2.14. The molecule has 5 rings (SSSR count). The van der Waals surface area contributed by atoms with E-state index < -0.39 is 0 Å². The molecule has 0 spiro atoms. The minimum absolute atomic E-state index is 0.154. The molecular weight excluding hydrogens is 438 g/mol. The summed E-state index contributed by atoms with van der Waals surface area (Å²) in [5, 5.41) is 8.41. The Hall–Kier alpha value is -4.52. The first kappa shape index (κ1) is 22.3. The molecule has 2 aromatic carbocycles. The molecule has 35 heavy (non-hydrogen) atoms. The monoisotopic (exact) mass is 463 g/mol. The molecule has 7 heteroatoms. The summed E-state index contributed by atoms with van der Waals surface area (Å²) in [7, 11) is 0. The first-order valence-electron chi connectivity index (χ1n) is 11.4. The fourth-order valence-corrected chi connectivity index (χ4v) is 4.09. The van der Waals surface area contributed by atoms with Crippen LogP contribution in [0.5, 0.6) is 11.5 Å². The predicted molar refractivity (Wildman–Crippen MR) is 135 cm³/mol. The largest absolute Gasteiger partial charge is 0.456 e. The van der Waals surface area contributed by atoms with Crippen LogP contribution in [0.1, 0.15) is 32.9 Å². The number of carbonyl (C=O) groups is 1. The number of pyridine rings is 2. The molecule has 0 bridgehead atoms. The number of amides is 1. The fourth-order valence-electron chi connectivity index (χ4n) is 4.09. The Labute approximate surface area is 203 Å². The van der Waals surface area contributed by atoms with E-state index in [2.05, 4.69) is 20.4 Å². The van der Waals surface area contributed by atoms with E-state index in [-0.39, 0.29) is 5.91 Å². The summed E-state index contributed by atoms with van der Waals surface area (Å²) in [5.74, 6) is 1.14. The number of fused-ring (bicyclic) bond motifs is 1. The number of hydrogen-bond donors (Lipinski definition) is 1. The number of ether oxygens (including phenoxy) is 1. The van der Waals surface area contributed by atoms with Gasteiger partial charge in [-0.25, -0.2) is 4.68 Å². The topological polar surface area (TPSA) is 81.9 Å².